The Bertz CT molecular complexity index is 520. The third-order valence-electron chi connectivity index (χ3n) is 3.52. The topological polar surface area (TPSA) is 70.7 Å². The average Bonchev–Trinajstić information content (AvgIpc) is 2.46. The lowest BCUT2D eigenvalue weighted by Gasteiger charge is -2.34. The predicted octanol–water partition coefficient (Wildman–Crippen LogP) is 1.09. The van der Waals surface area contributed by atoms with Crippen molar-refractivity contribution in [2.45, 2.75) is 26.1 Å². The van der Waals surface area contributed by atoms with Crippen molar-refractivity contribution in [2.24, 2.45) is 0 Å². The fourth-order valence-corrected chi connectivity index (χ4v) is 2.67. The lowest BCUT2D eigenvalue weighted by atomic mass is 10.2. The van der Waals surface area contributed by atoms with Gasteiger partial charge in [0.2, 0.25) is 5.91 Å². The zero-order valence-corrected chi connectivity index (χ0v) is 13.3. The Morgan fingerprint density at radius 3 is 2.32 bits per heavy atom. The first-order chi connectivity index (χ1) is 10.5. The number of ether oxygens (including phenoxy) is 1. The molecule has 1 fully saturated rings. The van der Waals surface area contributed by atoms with E-state index in [0.29, 0.717) is 17.8 Å². The zero-order valence-electron chi connectivity index (χ0n) is 13.3. The molecule has 2 atom stereocenters. The molecule has 0 bridgehead atoms. The summed E-state index contributed by atoms with van der Waals surface area (Å²) in [6, 6.07) is 6.83. The first kappa shape index (κ1) is 16.5. The molecule has 1 saturated heterocycles. The fourth-order valence-electron chi connectivity index (χ4n) is 2.67. The minimum absolute atomic E-state index is 0.0611. The summed E-state index contributed by atoms with van der Waals surface area (Å²) >= 11 is 0. The van der Waals surface area contributed by atoms with Gasteiger partial charge in [-0.3, -0.25) is 14.5 Å². The van der Waals surface area contributed by atoms with Crippen LogP contribution >= 0.6 is 0 Å². The van der Waals surface area contributed by atoms with Crippen LogP contribution in [0.2, 0.25) is 0 Å². The van der Waals surface area contributed by atoms with Crippen LogP contribution < -0.4 is 10.6 Å². The molecule has 120 valence electrons. The second-order valence-corrected chi connectivity index (χ2v) is 5.66. The highest BCUT2D eigenvalue weighted by molar-refractivity contribution is 5.96. The van der Waals surface area contributed by atoms with Crippen molar-refractivity contribution in [3.05, 3.63) is 29.8 Å². The van der Waals surface area contributed by atoms with Crippen LogP contribution in [0.5, 0.6) is 0 Å². The minimum atomic E-state index is -0.144. The maximum atomic E-state index is 12.1. The van der Waals surface area contributed by atoms with E-state index in [1.54, 1.807) is 31.3 Å². The van der Waals surface area contributed by atoms with Crippen LogP contribution in [0.4, 0.5) is 5.69 Å². The van der Waals surface area contributed by atoms with E-state index in [-0.39, 0.29) is 24.0 Å². The largest absolute Gasteiger partial charge is 0.373 e. The summed E-state index contributed by atoms with van der Waals surface area (Å²) in [4.78, 5) is 25.6. The van der Waals surface area contributed by atoms with Gasteiger partial charge in [-0.2, -0.15) is 0 Å². The summed E-state index contributed by atoms with van der Waals surface area (Å²) < 4.78 is 5.65. The van der Waals surface area contributed by atoms with Crippen molar-refractivity contribution >= 4 is 17.5 Å². The molecule has 2 rings (SSSR count). The molecule has 0 spiro atoms. The molecule has 2 N–H and O–H groups in total. The lowest BCUT2D eigenvalue weighted by Crippen LogP contribution is -2.48. The first-order valence-corrected chi connectivity index (χ1v) is 7.47. The molecule has 1 aromatic carbocycles. The van der Waals surface area contributed by atoms with Crippen molar-refractivity contribution in [2.75, 3.05) is 32.0 Å². The van der Waals surface area contributed by atoms with E-state index in [2.05, 4.69) is 15.5 Å². The summed E-state index contributed by atoms with van der Waals surface area (Å²) in [5.41, 5.74) is 1.25. The van der Waals surface area contributed by atoms with Crippen molar-refractivity contribution in [1.82, 2.24) is 10.2 Å². The lowest BCUT2D eigenvalue weighted by molar-refractivity contribution is -0.121. The molecule has 0 unspecified atom stereocenters. The van der Waals surface area contributed by atoms with E-state index in [0.717, 1.165) is 13.1 Å². The molecule has 0 aromatic heterocycles. The van der Waals surface area contributed by atoms with E-state index in [9.17, 15) is 9.59 Å². The molecule has 6 nitrogen and oxygen atoms in total. The van der Waals surface area contributed by atoms with Crippen molar-refractivity contribution < 1.29 is 14.3 Å². The summed E-state index contributed by atoms with van der Waals surface area (Å²) in [6.07, 6.45) is 0.284. The van der Waals surface area contributed by atoms with E-state index >= 15 is 0 Å². The highest BCUT2D eigenvalue weighted by Gasteiger charge is 2.23. The number of carbonyl (C=O) groups excluding carboxylic acids is 2. The van der Waals surface area contributed by atoms with Gasteiger partial charge in [0, 0.05) is 31.4 Å². The van der Waals surface area contributed by atoms with Crippen LogP contribution in [0.1, 0.15) is 24.2 Å². The second kappa shape index (κ2) is 7.38. The Labute approximate surface area is 130 Å². The van der Waals surface area contributed by atoms with Gasteiger partial charge in [-0.1, -0.05) is 0 Å². The number of rotatable bonds is 4. The summed E-state index contributed by atoms with van der Waals surface area (Å²) in [6.45, 7) is 5.88. The number of carbonyl (C=O) groups is 2. The molecule has 0 radical (unpaired) electrons. The number of morpholine rings is 1. The Kier molecular flexibility index (Phi) is 5.51. The summed E-state index contributed by atoms with van der Waals surface area (Å²) in [7, 11) is 1.59. The van der Waals surface area contributed by atoms with Crippen molar-refractivity contribution in [1.29, 1.82) is 0 Å². The minimum Gasteiger partial charge on any atom is -0.373 e. The Morgan fingerprint density at radius 1 is 1.18 bits per heavy atom. The molecule has 22 heavy (non-hydrogen) atoms. The Morgan fingerprint density at radius 2 is 1.77 bits per heavy atom. The number of anilines is 1. The van der Waals surface area contributed by atoms with Gasteiger partial charge in [0.15, 0.2) is 0 Å². The highest BCUT2D eigenvalue weighted by Crippen LogP contribution is 2.12. The van der Waals surface area contributed by atoms with E-state index < -0.39 is 0 Å². The van der Waals surface area contributed by atoms with Gasteiger partial charge in [0.25, 0.3) is 5.91 Å². The predicted molar refractivity (Wildman–Crippen MR) is 84.9 cm³/mol. The van der Waals surface area contributed by atoms with Gasteiger partial charge in [0.1, 0.15) is 0 Å². The highest BCUT2D eigenvalue weighted by atomic mass is 16.5. The third-order valence-corrected chi connectivity index (χ3v) is 3.52. The molecule has 2 amide bonds. The van der Waals surface area contributed by atoms with Crippen LogP contribution in [-0.2, 0) is 9.53 Å². The van der Waals surface area contributed by atoms with Gasteiger partial charge in [-0.25, -0.2) is 0 Å². The smallest absolute Gasteiger partial charge is 0.251 e. The van der Waals surface area contributed by atoms with Gasteiger partial charge in [0.05, 0.1) is 18.8 Å². The van der Waals surface area contributed by atoms with Crippen LogP contribution in [0.15, 0.2) is 24.3 Å². The fraction of sp³-hybridized carbons (Fsp3) is 0.500. The van der Waals surface area contributed by atoms with E-state index in [4.69, 9.17) is 4.74 Å². The molecular weight excluding hydrogens is 282 g/mol. The molecule has 0 saturated carbocycles. The molecule has 6 heteroatoms. The first-order valence-electron chi connectivity index (χ1n) is 7.47. The number of nitrogens with zero attached hydrogens (tertiary/aromatic N) is 1. The van der Waals surface area contributed by atoms with E-state index in [1.165, 1.54) is 0 Å². The number of nitrogens with one attached hydrogen (secondary N) is 2. The molecule has 1 aliphatic rings. The normalized spacial score (nSPS) is 22.1. The summed E-state index contributed by atoms with van der Waals surface area (Å²) in [5.74, 6) is -0.205. The Balaban J connectivity index is 1.87. The maximum absolute atomic E-state index is 12.1. The number of hydrogen-bond acceptors (Lipinski definition) is 4. The second-order valence-electron chi connectivity index (χ2n) is 5.66. The van der Waals surface area contributed by atoms with Crippen LogP contribution in [0, 0.1) is 0 Å². The number of hydrogen-bond donors (Lipinski definition) is 2. The monoisotopic (exact) mass is 305 g/mol. The quantitative estimate of drug-likeness (QED) is 0.874. The number of benzene rings is 1. The molecule has 1 heterocycles. The van der Waals surface area contributed by atoms with Gasteiger partial charge in [-0.15, -0.1) is 0 Å². The third kappa shape index (κ3) is 4.54. The summed E-state index contributed by atoms with van der Waals surface area (Å²) in [5, 5.41) is 5.41. The average molecular weight is 305 g/mol. The van der Waals surface area contributed by atoms with Crippen LogP contribution in [-0.4, -0.2) is 55.6 Å². The molecule has 1 aromatic rings. The van der Waals surface area contributed by atoms with Gasteiger partial charge >= 0.3 is 0 Å². The van der Waals surface area contributed by atoms with Crippen molar-refractivity contribution in [3.63, 3.8) is 0 Å². The maximum Gasteiger partial charge on any atom is 0.251 e. The SMILES string of the molecule is CNC(=O)c1ccc(NC(=O)CN2C[C@@H](C)O[C@H](C)C2)cc1. The van der Waals surface area contributed by atoms with Gasteiger partial charge < -0.3 is 15.4 Å². The van der Waals surface area contributed by atoms with Gasteiger partial charge in [-0.05, 0) is 38.1 Å². The Hall–Kier alpha value is -1.92. The molecule has 0 aliphatic carbocycles. The number of amides is 2. The standard InChI is InChI=1S/C16H23N3O3/c1-11-8-19(9-12(2)22-11)10-15(20)18-14-6-4-13(5-7-14)16(21)17-3/h4-7,11-12H,8-10H2,1-3H3,(H,17,21)(H,18,20)/t11-,12-/m1/s1. The van der Waals surface area contributed by atoms with Crippen molar-refractivity contribution in [3.8, 4) is 0 Å². The van der Waals surface area contributed by atoms with E-state index in [1.807, 2.05) is 13.8 Å². The molecular formula is C16H23N3O3. The molecule has 1 aliphatic heterocycles. The van der Waals surface area contributed by atoms with Crippen LogP contribution in [0.25, 0.3) is 0 Å². The van der Waals surface area contributed by atoms with Crippen LogP contribution in [0.3, 0.4) is 0 Å². The zero-order chi connectivity index (χ0) is 16.1.